The Morgan fingerprint density at radius 3 is 2.26 bits per heavy atom. The van der Waals surface area contributed by atoms with Gasteiger partial charge in [0.15, 0.2) is 0 Å². The number of hydrogen-bond donors (Lipinski definition) is 3. The first-order chi connectivity index (χ1) is 11.1. The van der Waals surface area contributed by atoms with Crippen LogP contribution in [-0.4, -0.2) is 15.3 Å². The van der Waals surface area contributed by atoms with Crippen molar-refractivity contribution in [1.82, 2.24) is 0 Å². The lowest BCUT2D eigenvalue weighted by Gasteiger charge is -2.33. The summed E-state index contributed by atoms with van der Waals surface area (Å²) in [5, 5.41) is 33.2. The molecule has 0 unspecified atom stereocenters. The summed E-state index contributed by atoms with van der Waals surface area (Å²) in [7, 11) is 0. The average Bonchev–Trinajstić information content (AvgIpc) is 2.59. The number of hydrogen-bond acceptors (Lipinski definition) is 3. The summed E-state index contributed by atoms with van der Waals surface area (Å²) < 4.78 is 0. The van der Waals surface area contributed by atoms with Gasteiger partial charge in [-0.1, -0.05) is 48.5 Å². The van der Waals surface area contributed by atoms with Crippen molar-refractivity contribution in [3.8, 4) is 11.1 Å². The third kappa shape index (κ3) is 1.88. The van der Waals surface area contributed by atoms with E-state index in [0.717, 1.165) is 33.0 Å². The van der Waals surface area contributed by atoms with Crippen LogP contribution < -0.4 is 0 Å². The Hall–Kier alpha value is -2.20. The molecular formula is C20H18O3. The van der Waals surface area contributed by atoms with Gasteiger partial charge < -0.3 is 15.3 Å². The molecule has 0 saturated heterocycles. The van der Waals surface area contributed by atoms with Crippen molar-refractivity contribution in [2.24, 2.45) is 0 Å². The maximum absolute atomic E-state index is 10.7. The maximum atomic E-state index is 10.7. The molecule has 3 heteroatoms. The molecule has 3 aromatic rings. The second-order valence-electron chi connectivity index (χ2n) is 6.07. The second kappa shape index (κ2) is 5.17. The van der Waals surface area contributed by atoms with E-state index in [0.29, 0.717) is 11.1 Å². The van der Waals surface area contributed by atoms with E-state index in [1.54, 1.807) is 0 Å². The Labute approximate surface area is 134 Å². The zero-order chi connectivity index (χ0) is 16.1. The molecule has 116 valence electrons. The van der Waals surface area contributed by atoms with Gasteiger partial charge in [-0.25, -0.2) is 0 Å². The quantitative estimate of drug-likeness (QED) is 0.646. The highest BCUT2D eigenvalue weighted by molar-refractivity contribution is 5.97. The van der Waals surface area contributed by atoms with Gasteiger partial charge in [-0.15, -0.1) is 0 Å². The van der Waals surface area contributed by atoms with Crippen LogP contribution >= 0.6 is 0 Å². The number of rotatable bonds is 1. The van der Waals surface area contributed by atoms with Crippen molar-refractivity contribution < 1.29 is 15.3 Å². The molecule has 4 rings (SSSR count). The first-order valence-electron chi connectivity index (χ1n) is 7.75. The Bertz CT molecular complexity index is 914. The SMILES string of the molecule is Cc1c2c(c(CO)c3ccccc13)[C@H](O)[C@@H](O)c1ccccc1-2. The molecule has 0 bridgehead atoms. The Balaban J connectivity index is 2.22. The van der Waals surface area contributed by atoms with Crippen molar-refractivity contribution >= 4 is 10.8 Å². The summed E-state index contributed by atoms with van der Waals surface area (Å²) in [6.07, 6.45) is -2.02. The monoisotopic (exact) mass is 306 g/mol. The molecule has 3 N–H and O–H groups in total. The highest BCUT2D eigenvalue weighted by Crippen LogP contribution is 2.49. The number of benzene rings is 3. The molecule has 23 heavy (non-hydrogen) atoms. The van der Waals surface area contributed by atoms with Crippen LogP contribution in [0.4, 0.5) is 0 Å². The predicted molar refractivity (Wildman–Crippen MR) is 90.0 cm³/mol. The Morgan fingerprint density at radius 1 is 0.870 bits per heavy atom. The molecule has 2 atom stereocenters. The Morgan fingerprint density at radius 2 is 1.52 bits per heavy atom. The van der Waals surface area contributed by atoms with Crippen molar-refractivity contribution in [2.75, 3.05) is 0 Å². The molecule has 1 aliphatic carbocycles. The van der Waals surface area contributed by atoms with Gasteiger partial charge in [0.1, 0.15) is 12.2 Å². The van der Waals surface area contributed by atoms with E-state index in [2.05, 4.69) is 0 Å². The minimum atomic E-state index is -1.04. The molecule has 1 aliphatic rings. The third-order valence-electron chi connectivity index (χ3n) is 4.93. The first-order valence-corrected chi connectivity index (χ1v) is 7.75. The van der Waals surface area contributed by atoms with Gasteiger partial charge in [-0.3, -0.25) is 0 Å². The maximum Gasteiger partial charge on any atom is 0.110 e. The van der Waals surface area contributed by atoms with E-state index < -0.39 is 12.2 Å². The topological polar surface area (TPSA) is 60.7 Å². The minimum Gasteiger partial charge on any atom is -0.392 e. The van der Waals surface area contributed by atoms with Crippen molar-refractivity contribution in [3.05, 3.63) is 70.8 Å². The van der Waals surface area contributed by atoms with Crippen molar-refractivity contribution in [2.45, 2.75) is 25.7 Å². The van der Waals surface area contributed by atoms with Gasteiger partial charge in [-0.05, 0) is 51.1 Å². The normalized spacial score (nSPS) is 19.5. The van der Waals surface area contributed by atoms with Crippen LogP contribution in [0.1, 0.15) is 34.5 Å². The third-order valence-corrected chi connectivity index (χ3v) is 4.93. The highest BCUT2D eigenvalue weighted by atomic mass is 16.3. The largest absolute Gasteiger partial charge is 0.392 e. The summed E-state index contributed by atoms with van der Waals surface area (Å²) in [6.45, 7) is 1.86. The fourth-order valence-corrected chi connectivity index (χ4v) is 3.86. The van der Waals surface area contributed by atoms with Crippen LogP contribution in [-0.2, 0) is 6.61 Å². The molecule has 0 aromatic heterocycles. The first kappa shape index (κ1) is 14.4. The molecule has 0 heterocycles. The van der Waals surface area contributed by atoms with E-state index in [4.69, 9.17) is 0 Å². The van der Waals surface area contributed by atoms with E-state index >= 15 is 0 Å². The molecule has 0 aliphatic heterocycles. The zero-order valence-electron chi connectivity index (χ0n) is 12.8. The molecule has 0 fully saturated rings. The number of aryl methyl sites for hydroxylation is 1. The van der Waals surface area contributed by atoms with Crippen LogP contribution in [0.3, 0.4) is 0 Å². The molecule has 0 radical (unpaired) electrons. The van der Waals surface area contributed by atoms with Gasteiger partial charge in [0.2, 0.25) is 0 Å². The fraction of sp³-hybridized carbons (Fsp3) is 0.200. The van der Waals surface area contributed by atoms with Crippen LogP contribution in [0.2, 0.25) is 0 Å². The molecule has 3 aromatic carbocycles. The summed E-state index contributed by atoms with van der Waals surface area (Å²) in [6, 6.07) is 15.5. The van der Waals surface area contributed by atoms with Gasteiger partial charge >= 0.3 is 0 Å². The summed E-state index contributed by atoms with van der Waals surface area (Å²) in [5.74, 6) is 0. The Kier molecular flexibility index (Phi) is 3.23. The van der Waals surface area contributed by atoms with Crippen LogP contribution in [0, 0.1) is 6.92 Å². The minimum absolute atomic E-state index is 0.172. The van der Waals surface area contributed by atoms with E-state index in [1.807, 2.05) is 55.5 Å². The number of fused-ring (bicyclic) bond motifs is 4. The lowest BCUT2D eigenvalue weighted by molar-refractivity contribution is 0.0147. The molecule has 0 spiro atoms. The van der Waals surface area contributed by atoms with Gasteiger partial charge in [0.25, 0.3) is 0 Å². The van der Waals surface area contributed by atoms with Crippen LogP contribution in [0.25, 0.3) is 21.9 Å². The highest BCUT2D eigenvalue weighted by Gasteiger charge is 2.34. The molecular weight excluding hydrogens is 288 g/mol. The van der Waals surface area contributed by atoms with E-state index in [9.17, 15) is 15.3 Å². The van der Waals surface area contributed by atoms with Crippen molar-refractivity contribution in [1.29, 1.82) is 0 Å². The molecule has 0 saturated carbocycles. The lowest BCUT2D eigenvalue weighted by atomic mass is 9.76. The smallest absolute Gasteiger partial charge is 0.110 e. The zero-order valence-corrected chi connectivity index (χ0v) is 12.8. The molecule has 3 nitrogen and oxygen atoms in total. The van der Waals surface area contributed by atoms with E-state index in [1.165, 1.54) is 0 Å². The van der Waals surface area contributed by atoms with Gasteiger partial charge in [-0.2, -0.15) is 0 Å². The van der Waals surface area contributed by atoms with E-state index in [-0.39, 0.29) is 6.61 Å². The van der Waals surface area contributed by atoms with Crippen LogP contribution in [0.15, 0.2) is 48.5 Å². The summed E-state index contributed by atoms with van der Waals surface area (Å²) in [5.41, 5.74) is 5.00. The van der Waals surface area contributed by atoms with Gasteiger partial charge in [0, 0.05) is 0 Å². The average molecular weight is 306 g/mol. The molecule has 0 amide bonds. The summed E-state index contributed by atoms with van der Waals surface area (Å²) >= 11 is 0. The lowest BCUT2D eigenvalue weighted by Crippen LogP contribution is -2.20. The second-order valence-corrected chi connectivity index (χ2v) is 6.07. The predicted octanol–water partition coefficient (Wildman–Crippen LogP) is 3.39. The van der Waals surface area contributed by atoms with Crippen molar-refractivity contribution in [3.63, 3.8) is 0 Å². The summed E-state index contributed by atoms with van der Waals surface area (Å²) in [4.78, 5) is 0. The van der Waals surface area contributed by atoms with Gasteiger partial charge in [0.05, 0.1) is 6.61 Å². The standard InChI is InChI=1S/C20H18O3/c1-11-12-6-2-3-7-13(12)16(10-21)18-17(11)14-8-4-5-9-15(14)19(22)20(18)23/h2-9,19-23H,10H2,1H3/t19-,20-/m0/s1. The van der Waals surface area contributed by atoms with Crippen LogP contribution in [0.5, 0.6) is 0 Å². The number of aliphatic hydroxyl groups is 3. The number of aliphatic hydroxyl groups excluding tert-OH is 3. The fourth-order valence-electron chi connectivity index (χ4n) is 3.86.